The molecule has 4 aliphatic carbocycles. The molecule has 0 spiro atoms. The van der Waals surface area contributed by atoms with Gasteiger partial charge >= 0.3 is 0 Å². The Balaban J connectivity index is 1.08. The second-order valence-corrected chi connectivity index (χ2v) is 20.7. The van der Waals surface area contributed by atoms with E-state index in [0.29, 0.717) is 38.0 Å². The van der Waals surface area contributed by atoms with E-state index >= 15 is 0 Å². The summed E-state index contributed by atoms with van der Waals surface area (Å²) in [6.07, 6.45) is -8.16. The topological polar surface area (TPSA) is 228 Å². The molecule has 0 unspecified atom stereocenters. The highest BCUT2D eigenvalue weighted by Crippen LogP contribution is 2.75. The lowest BCUT2D eigenvalue weighted by Crippen LogP contribution is -2.66. The molecule has 0 amide bonds. The number of hydrogen-bond acceptors (Lipinski definition) is 14. The number of fused-ring (bicyclic) bond motifs is 5. The van der Waals surface area contributed by atoms with Crippen molar-refractivity contribution >= 4 is 0 Å². The highest BCUT2D eigenvalue weighted by atomic mass is 16.7. The van der Waals surface area contributed by atoms with E-state index in [1.54, 1.807) is 0 Å². The Morgan fingerprint density at radius 2 is 1.35 bits per heavy atom. The zero-order valence-electron chi connectivity index (χ0n) is 34.0. The first kappa shape index (κ1) is 42.6. The summed E-state index contributed by atoms with van der Waals surface area (Å²) in [4.78, 5) is 0. The van der Waals surface area contributed by atoms with Gasteiger partial charge in [-0.3, -0.25) is 0 Å². The minimum atomic E-state index is -1.55. The van der Waals surface area contributed by atoms with Gasteiger partial charge in [0.2, 0.25) is 0 Å². The fraction of sp³-hybridized carbons (Fsp3) is 1.00. The molecule has 0 aromatic rings. The molecule has 318 valence electrons. The van der Waals surface area contributed by atoms with Crippen LogP contribution < -0.4 is 0 Å². The van der Waals surface area contributed by atoms with Gasteiger partial charge in [-0.05, 0) is 112 Å². The zero-order valence-corrected chi connectivity index (χ0v) is 34.0. The molecule has 3 heterocycles. The van der Waals surface area contributed by atoms with Crippen LogP contribution in [0.2, 0.25) is 0 Å². The van der Waals surface area contributed by atoms with Gasteiger partial charge in [0.25, 0.3) is 0 Å². The van der Waals surface area contributed by atoms with E-state index in [-0.39, 0.29) is 46.7 Å². The predicted molar refractivity (Wildman–Crippen MR) is 196 cm³/mol. The molecule has 14 heteroatoms. The van der Waals surface area contributed by atoms with Crippen molar-refractivity contribution in [2.45, 2.75) is 198 Å². The molecule has 55 heavy (non-hydrogen) atoms. The highest BCUT2D eigenvalue weighted by molar-refractivity contribution is 5.22. The normalized spacial score (nSPS) is 56.8. The monoisotopic (exact) mass is 786 g/mol. The molecule has 0 aromatic carbocycles. The standard InChI is InChI=1S/C41H70O14/c1-36(2)25(53-34-30(49)27(46)23(45)18-51-34)10-12-38(5)19-9-13-39(6)33(22(44)16-40(39,7)20(19)15-21(43)32(36)38)41(8)14-11-26(54-41)37(3,4)55-35-31(50)29(48)28(47)24(17-42)52-35/h19-35,42-50H,9-18H2,1-8H3/t19-,20+,21-,22+,23+,24+,25-,26-,27-,28+,29-,30+,31+,32-,33-,34+,35-,38+,39+,40-,41+/m1/s1. The maximum absolute atomic E-state index is 12.3. The average Bonchev–Trinajstić information content (AvgIpc) is 3.60. The molecule has 7 rings (SSSR count). The summed E-state index contributed by atoms with van der Waals surface area (Å²) in [5.74, 6) is 0.156. The Kier molecular flexibility index (Phi) is 11.1. The van der Waals surface area contributed by atoms with Gasteiger partial charge in [0.1, 0.15) is 42.7 Å². The Morgan fingerprint density at radius 3 is 2.02 bits per heavy atom. The first-order valence-electron chi connectivity index (χ1n) is 20.8. The smallest absolute Gasteiger partial charge is 0.187 e. The third-order valence-electron chi connectivity index (χ3n) is 17.1. The summed E-state index contributed by atoms with van der Waals surface area (Å²) in [5, 5.41) is 96.4. The summed E-state index contributed by atoms with van der Waals surface area (Å²) in [7, 11) is 0. The summed E-state index contributed by atoms with van der Waals surface area (Å²) >= 11 is 0. The van der Waals surface area contributed by atoms with Crippen LogP contribution in [-0.2, 0) is 23.7 Å². The molecular formula is C41H70O14. The zero-order chi connectivity index (χ0) is 40.4. The van der Waals surface area contributed by atoms with Crippen LogP contribution in [0.1, 0.15) is 107 Å². The molecule has 21 atom stereocenters. The van der Waals surface area contributed by atoms with Gasteiger partial charge < -0.3 is 69.6 Å². The lowest BCUT2D eigenvalue weighted by atomic mass is 9.37. The van der Waals surface area contributed by atoms with Crippen molar-refractivity contribution in [1.29, 1.82) is 0 Å². The summed E-state index contributed by atoms with van der Waals surface area (Å²) in [6, 6.07) is 0. The van der Waals surface area contributed by atoms with Crippen LogP contribution in [0, 0.1) is 45.3 Å². The van der Waals surface area contributed by atoms with Crippen molar-refractivity contribution in [3.05, 3.63) is 0 Å². The van der Waals surface area contributed by atoms with E-state index in [4.69, 9.17) is 23.7 Å². The first-order valence-corrected chi connectivity index (χ1v) is 20.8. The quantitative estimate of drug-likeness (QED) is 0.164. The largest absolute Gasteiger partial charge is 0.394 e. The maximum atomic E-state index is 12.3. The second-order valence-electron chi connectivity index (χ2n) is 20.7. The third-order valence-corrected chi connectivity index (χ3v) is 17.1. The van der Waals surface area contributed by atoms with Crippen LogP contribution in [-0.4, -0.2) is 150 Å². The van der Waals surface area contributed by atoms with Crippen molar-refractivity contribution in [2.24, 2.45) is 45.3 Å². The van der Waals surface area contributed by atoms with E-state index in [1.807, 2.05) is 13.8 Å². The van der Waals surface area contributed by atoms with E-state index in [0.717, 1.165) is 19.3 Å². The number of aliphatic hydroxyl groups excluding tert-OH is 9. The van der Waals surface area contributed by atoms with Crippen LogP contribution in [0.5, 0.6) is 0 Å². The lowest BCUT2D eigenvalue weighted by molar-refractivity contribution is -0.334. The SMILES string of the molecule is CC(C)(O[C@H]1O[C@@H](CO)[C@H](O)[C@@H](O)[C@@H]1O)[C@H]1CC[C@@](C)([C@@H]2[C@@H](O)C[C@]3(C)[C@H]4C[C@@H](O)[C@@H]5C(C)(C)[C@H](O[C@@H]6OC[C@H](O)[C@@H](O)[C@@H]6O)CC[C@@]5(C)[C@@H]4CC[C@@]23C)O1. The summed E-state index contributed by atoms with van der Waals surface area (Å²) in [5.41, 5.74) is -3.01. The van der Waals surface area contributed by atoms with Crippen molar-refractivity contribution in [1.82, 2.24) is 0 Å². The Labute approximate surface area is 325 Å². The molecule has 3 saturated heterocycles. The van der Waals surface area contributed by atoms with Gasteiger partial charge in [0, 0.05) is 5.92 Å². The van der Waals surface area contributed by atoms with Crippen LogP contribution in [0.15, 0.2) is 0 Å². The van der Waals surface area contributed by atoms with E-state index < -0.39 is 96.8 Å². The maximum Gasteiger partial charge on any atom is 0.187 e. The van der Waals surface area contributed by atoms with Crippen molar-refractivity contribution in [2.75, 3.05) is 13.2 Å². The van der Waals surface area contributed by atoms with Crippen LogP contribution in [0.25, 0.3) is 0 Å². The summed E-state index contributed by atoms with van der Waals surface area (Å²) < 4.78 is 31.0. The van der Waals surface area contributed by atoms with E-state index in [9.17, 15) is 46.0 Å². The van der Waals surface area contributed by atoms with Crippen LogP contribution >= 0.6 is 0 Å². The molecule has 4 saturated carbocycles. The van der Waals surface area contributed by atoms with E-state index in [2.05, 4.69) is 41.5 Å². The molecule has 7 fully saturated rings. The van der Waals surface area contributed by atoms with Crippen molar-refractivity contribution < 1.29 is 69.6 Å². The molecular weight excluding hydrogens is 716 g/mol. The average molecular weight is 787 g/mol. The van der Waals surface area contributed by atoms with Gasteiger partial charge in [-0.2, -0.15) is 0 Å². The Hall–Kier alpha value is -0.560. The molecule has 0 bridgehead atoms. The van der Waals surface area contributed by atoms with Gasteiger partial charge in [0.15, 0.2) is 12.6 Å². The minimum absolute atomic E-state index is 0.103. The van der Waals surface area contributed by atoms with Gasteiger partial charge in [-0.15, -0.1) is 0 Å². The van der Waals surface area contributed by atoms with Gasteiger partial charge in [-0.25, -0.2) is 0 Å². The number of ether oxygens (including phenoxy) is 5. The molecule has 7 aliphatic rings. The number of rotatable bonds is 7. The number of aliphatic hydroxyl groups is 9. The van der Waals surface area contributed by atoms with Crippen LogP contribution in [0.4, 0.5) is 0 Å². The fourth-order valence-electron chi connectivity index (χ4n) is 14.2. The molecule has 3 aliphatic heterocycles. The van der Waals surface area contributed by atoms with Gasteiger partial charge in [-0.1, -0.05) is 34.6 Å². The van der Waals surface area contributed by atoms with Crippen molar-refractivity contribution in [3.63, 3.8) is 0 Å². The molecule has 0 aromatic heterocycles. The van der Waals surface area contributed by atoms with Crippen LogP contribution in [0.3, 0.4) is 0 Å². The van der Waals surface area contributed by atoms with Crippen molar-refractivity contribution in [3.8, 4) is 0 Å². The Morgan fingerprint density at radius 1 is 0.673 bits per heavy atom. The Bertz CT molecular complexity index is 1400. The second kappa shape index (κ2) is 14.3. The molecule has 14 nitrogen and oxygen atoms in total. The molecule has 9 N–H and O–H groups in total. The summed E-state index contributed by atoms with van der Waals surface area (Å²) in [6.45, 7) is 16.3. The lowest BCUT2D eigenvalue weighted by Gasteiger charge is -2.69. The first-order chi connectivity index (χ1) is 25.5. The van der Waals surface area contributed by atoms with Gasteiger partial charge in [0.05, 0.1) is 48.8 Å². The number of hydrogen-bond donors (Lipinski definition) is 9. The highest BCUT2D eigenvalue weighted by Gasteiger charge is 2.73. The predicted octanol–water partition coefficient (Wildman–Crippen LogP) is 0.970. The fourth-order valence-corrected chi connectivity index (χ4v) is 14.2. The van der Waals surface area contributed by atoms with E-state index in [1.165, 1.54) is 0 Å². The molecule has 0 radical (unpaired) electrons. The third kappa shape index (κ3) is 6.42. The minimum Gasteiger partial charge on any atom is -0.394 e.